The Morgan fingerprint density at radius 3 is 2.62 bits per heavy atom. The minimum Gasteiger partial charge on any atom is -0.493 e. The fourth-order valence-electron chi connectivity index (χ4n) is 3.42. The lowest BCUT2D eigenvalue weighted by Crippen LogP contribution is -2.06. The van der Waals surface area contributed by atoms with Crippen molar-refractivity contribution < 1.29 is 19.0 Å². The number of carbonyl (C=O) groups excluding carboxylic acids is 1. The Hall–Kier alpha value is -3.57. The van der Waals surface area contributed by atoms with Crippen LogP contribution in [0.25, 0.3) is 6.08 Å². The summed E-state index contributed by atoms with van der Waals surface area (Å²) in [7, 11) is 1.54. The molecular weight excluding hydrogens is 426 g/mol. The number of ether oxygens (including phenoxy) is 3. The van der Waals surface area contributed by atoms with Gasteiger partial charge in [0.15, 0.2) is 17.2 Å². The fourth-order valence-corrected chi connectivity index (χ4v) is 3.69. The highest BCUT2D eigenvalue weighted by Gasteiger charge is 2.25. The van der Waals surface area contributed by atoms with Gasteiger partial charge >= 0.3 is 5.97 Å². The molecule has 0 N–H and O–H groups in total. The summed E-state index contributed by atoms with van der Waals surface area (Å²) >= 11 is 6.49. The highest BCUT2D eigenvalue weighted by Crippen LogP contribution is 2.38. The number of benzene rings is 3. The Kier molecular flexibility index (Phi) is 6.28. The second-order valence-electron chi connectivity index (χ2n) is 7.46. The summed E-state index contributed by atoms with van der Waals surface area (Å²) in [4.78, 5) is 16.8. The van der Waals surface area contributed by atoms with Crippen molar-refractivity contribution in [1.82, 2.24) is 0 Å². The van der Waals surface area contributed by atoms with Gasteiger partial charge in [0.1, 0.15) is 6.61 Å². The van der Waals surface area contributed by atoms with Crippen LogP contribution in [0.5, 0.6) is 11.5 Å². The summed E-state index contributed by atoms with van der Waals surface area (Å²) in [5.74, 6) is 0.677. The van der Waals surface area contributed by atoms with Crippen LogP contribution in [0.4, 0.5) is 0 Å². The molecule has 1 aliphatic heterocycles. The van der Waals surface area contributed by atoms with Crippen LogP contribution in [0, 0.1) is 13.8 Å². The first-order chi connectivity index (χ1) is 15.4. The summed E-state index contributed by atoms with van der Waals surface area (Å²) in [6, 6.07) is 19.1. The van der Waals surface area contributed by atoms with E-state index < -0.39 is 5.97 Å². The zero-order valence-corrected chi connectivity index (χ0v) is 18.8. The number of esters is 1. The van der Waals surface area contributed by atoms with Gasteiger partial charge in [0.05, 0.1) is 12.1 Å². The lowest BCUT2D eigenvalue weighted by Gasteiger charge is -2.13. The van der Waals surface area contributed by atoms with Crippen LogP contribution < -0.4 is 9.47 Å². The van der Waals surface area contributed by atoms with Gasteiger partial charge in [-0.1, -0.05) is 59.6 Å². The molecule has 0 spiro atoms. The number of methoxy groups -OCH3 is 1. The van der Waals surface area contributed by atoms with Gasteiger partial charge in [0.25, 0.3) is 0 Å². The molecule has 0 aliphatic carbocycles. The lowest BCUT2D eigenvalue weighted by atomic mass is 10.1. The van der Waals surface area contributed by atoms with E-state index in [0.717, 1.165) is 22.3 Å². The molecule has 0 atom stereocenters. The van der Waals surface area contributed by atoms with Crippen LogP contribution in [0.2, 0.25) is 5.02 Å². The van der Waals surface area contributed by atoms with Gasteiger partial charge in [-0.3, -0.25) is 0 Å². The minimum absolute atomic E-state index is 0.190. The predicted octanol–water partition coefficient (Wildman–Crippen LogP) is 5.89. The van der Waals surface area contributed by atoms with Crippen LogP contribution in [-0.4, -0.2) is 19.0 Å². The lowest BCUT2D eigenvalue weighted by molar-refractivity contribution is -0.129. The van der Waals surface area contributed by atoms with Gasteiger partial charge in [0, 0.05) is 5.56 Å². The Morgan fingerprint density at radius 2 is 1.88 bits per heavy atom. The second kappa shape index (κ2) is 9.28. The fraction of sp³-hybridized carbons (Fsp3) is 0.154. The molecule has 3 aromatic carbocycles. The summed E-state index contributed by atoms with van der Waals surface area (Å²) in [5.41, 5.74) is 4.77. The van der Waals surface area contributed by atoms with Crippen molar-refractivity contribution in [2.75, 3.05) is 7.11 Å². The maximum absolute atomic E-state index is 12.4. The molecule has 0 saturated carbocycles. The van der Waals surface area contributed by atoms with Crippen LogP contribution in [0.1, 0.15) is 27.8 Å². The van der Waals surface area contributed by atoms with Crippen molar-refractivity contribution in [2.24, 2.45) is 4.99 Å². The highest BCUT2D eigenvalue weighted by molar-refractivity contribution is 6.32. The average Bonchev–Trinajstić information content (AvgIpc) is 3.13. The van der Waals surface area contributed by atoms with Crippen LogP contribution in [0.3, 0.4) is 0 Å². The largest absolute Gasteiger partial charge is 0.493 e. The Bertz CT molecular complexity index is 1250. The van der Waals surface area contributed by atoms with Crippen molar-refractivity contribution >= 4 is 29.5 Å². The summed E-state index contributed by atoms with van der Waals surface area (Å²) in [6.45, 7) is 4.32. The zero-order valence-electron chi connectivity index (χ0n) is 18.0. The monoisotopic (exact) mass is 447 g/mol. The molecule has 0 amide bonds. The number of aryl methyl sites for hydroxylation is 2. The van der Waals surface area contributed by atoms with Gasteiger partial charge in [-0.15, -0.1) is 0 Å². The average molecular weight is 448 g/mol. The third kappa shape index (κ3) is 4.68. The molecular formula is C26H22ClNO4. The number of nitrogens with zero attached hydrogens (tertiary/aromatic N) is 1. The highest BCUT2D eigenvalue weighted by atomic mass is 35.5. The normalized spacial score (nSPS) is 14.3. The summed E-state index contributed by atoms with van der Waals surface area (Å²) in [6.07, 6.45) is 1.62. The molecule has 0 unspecified atom stereocenters. The van der Waals surface area contributed by atoms with Gasteiger partial charge in [-0.2, -0.15) is 0 Å². The maximum Gasteiger partial charge on any atom is 0.363 e. The third-order valence-electron chi connectivity index (χ3n) is 5.02. The van der Waals surface area contributed by atoms with Gasteiger partial charge < -0.3 is 14.2 Å². The molecule has 0 bridgehead atoms. The molecule has 0 fully saturated rings. The van der Waals surface area contributed by atoms with Crippen LogP contribution in [0.15, 0.2) is 71.4 Å². The topological polar surface area (TPSA) is 57.1 Å². The predicted molar refractivity (Wildman–Crippen MR) is 125 cm³/mol. The van der Waals surface area contributed by atoms with Gasteiger partial charge in [0.2, 0.25) is 5.90 Å². The SMILES string of the molecule is COc1cc(/C=C2\N=C(c3ccccc3C)OC2=O)cc(Cl)c1OCc1cccc(C)c1. The minimum atomic E-state index is -0.516. The van der Waals surface area contributed by atoms with Crippen molar-refractivity contribution in [3.8, 4) is 11.5 Å². The van der Waals surface area contributed by atoms with E-state index in [0.29, 0.717) is 28.7 Å². The van der Waals surface area contributed by atoms with Crippen molar-refractivity contribution in [2.45, 2.75) is 20.5 Å². The Morgan fingerprint density at radius 1 is 1.06 bits per heavy atom. The first-order valence-electron chi connectivity index (χ1n) is 10.1. The summed E-state index contributed by atoms with van der Waals surface area (Å²) < 4.78 is 16.8. The van der Waals surface area contributed by atoms with E-state index >= 15 is 0 Å². The van der Waals surface area contributed by atoms with Crippen LogP contribution >= 0.6 is 11.6 Å². The van der Waals surface area contributed by atoms with E-state index in [2.05, 4.69) is 11.1 Å². The smallest absolute Gasteiger partial charge is 0.363 e. The molecule has 0 saturated heterocycles. The number of halogens is 1. The van der Waals surface area contributed by atoms with E-state index in [9.17, 15) is 4.79 Å². The Labute approximate surface area is 191 Å². The molecule has 1 heterocycles. The molecule has 1 aliphatic rings. The Balaban J connectivity index is 1.60. The van der Waals surface area contributed by atoms with E-state index in [1.165, 1.54) is 0 Å². The summed E-state index contributed by atoms with van der Waals surface area (Å²) in [5, 5.41) is 0.373. The molecule has 3 aromatic rings. The number of hydrogen-bond acceptors (Lipinski definition) is 5. The first kappa shape index (κ1) is 21.7. The third-order valence-corrected chi connectivity index (χ3v) is 5.30. The molecule has 4 rings (SSSR count). The quantitative estimate of drug-likeness (QED) is 0.349. The second-order valence-corrected chi connectivity index (χ2v) is 7.87. The maximum atomic E-state index is 12.4. The van der Waals surface area contributed by atoms with E-state index in [1.54, 1.807) is 25.3 Å². The van der Waals surface area contributed by atoms with Crippen LogP contribution in [-0.2, 0) is 16.1 Å². The molecule has 5 nitrogen and oxygen atoms in total. The number of aliphatic imine (C=N–C) groups is 1. The van der Waals surface area contributed by atoms with Gasteiger partial charge in [-0.05, 0) is 54.8 Å². The number of hydrogen-bond donors (Lipinski definition) is 0. The van der Waals surface area contributed by atoms with Gasteiger partial charge in [-0.25, -0.2) is 9.79 Å². The number of rotatable bonds is 6. The van der Waals surface area contributed by atoms with Crippen molar-refractivity contribution in [3.63, 3.8) is 0 Å². The molecule has 162 valence electrons. The van der Waals surface area contributed by atoms with E-state index in [1.807, 2.05) is 56.3 Å². The van der Waals surface area contributed by atoms with E-state index in [4.69, 9.17) is 25.8 Å². The molecule has 6 heteroatoms. The standard InChI is InChI=1S/C26H22ClNO4/c1-16-7-6-9-18(11-16)15-31-24-21(27)12-19(14-23(24)30-3)13-22-26(29)32-25(28-22)20-10-5-4-8-17(20)2/h4-14H,15H2,1-3H3/b22-13-. The molecule has 0 aromatic heterocycles. The van der Waals surface area contributed by atoms with Crippen molar-refractivity contribution in [3.05, 3.63) is 99.2 Å². The van der Waals surface area contributed by atoms with Crippen molar-refractivity contribution in [1.29, 1.82) is 0 Å². The molecule has 32 heavy (non-hydrogen) atoms. The number of carbonyl (C=O) groups is 1. The number of cyclic esters (lactones) is 1. The zero-order chi connectivity index (χ0) is 22.7. The first-order valence-corrected chi connectivity index (χ1v) is 10.5. The van der Waals surface area contributed by atoms with E-state index in [-0.39, 0.29) is 11.6 Å². The molecule has 0 radical (unpaired) electrons.